The van der Waals surface area contributed by atoms with Gasteiger partial charge in [-0.05, 0) is 20.8 Å². The van der Waals surface area contributed by atoms with Crippen molar-refractivity contribution >= 4 is 24.3 Å². The minimum atomic E-state index is -1.03. The lowest BCUT2D eigenvalue weighted by molar-refractivity contribution is -0.152. The van der Waals surface area contributed by atoms with Crippen LogP contribution in [0, 0.1) is 0 Å². The molecule has 1 fully saturated rings. The van der Waals surface area contributed by atoms with Crippen molar-refractivity contribution in [1.82, 2.24) is 4.90 Å². The first-order valence-corrected chi connectivity index (χ1v) is 6.29. The Morgan fingerprint density at radius 2 is 1.89 bits per heavy atom. The molecule has 0 aromatic carbocycles. The second kappa shape index (κ2) is 5.51. The van der Waals surface area contributed by atoms with Crippen LogP contribution in [0.4, 0.5) is 0 Å². The molecule has 1 saturated heterocycles. The molecule has 0 atom stereocenters. The lowest BCUT2D eigenvalue weighted by atomic mass is 9.83. The minimum absolute atomic E-state index is 0. The van der Waals surface area contributed by atoms with Gasteiger partial charge in [-0.15, -0.1) is 12.4 Å². The number of halogens is 1. The Morgan fingerprint density at radius 3 is 2.32 bits per heavy atom. The molecule has 0 unspecified atom stereocenters. The van der Waals surface area contributed by atoms with Crippen molar-refractivity contribution in [2.45, 2.75) is 45.3 Å². The Hall–Kier alpha value is -1.07. The molecule has 0 radical (unpaired) electrons. The zero-order chi connectivity index (χ0) is 13.5. The molecule has 2 heterocycles. The summed E-state index contributed by atoms with van der Waals surface area (Å²) in [6, 6.07) is 0.429. The van der Waals surface area contributed by atoms with Gasteiger partial charge >= 0.3 is 11.9 Å². The Kier molecular flexibility index (Phi) is 4.63. The average Bonchev–Trinajstić information content (AvgIpc) is 2.51. The molecule has 108 valence electrons. The van der Waals surface area contributed by atoms with Crippen LogP contribution < -0.4 is 0 Å². The summed E-state index contributed by atoms with van der Waals surface area (Å²) in [6.45, 7) is 7.27. The number of carboxylic acid groups (broad SMARTS) is 1. The van der Waals surface area contributed by atoms with E-state index in [4.69, 9.17) is 4.74 Å². The molecule has 0 bridgehead atoms. The third kappa shape index (κ3) is 2.62. The molecule has 0 aromatic heterocycles. The average molecular weight is 290 g/mol. The first kappa shape index (κ1) is 16.0. The molecule has 0 aliphatic carbocycles. The van der Waals surface area contributed by atoms with E-state index in [1.165, 1.54) is 6.92 Å². The molecule has 0 saturated carbocycles. The summed E-state index contributed by atoms with van der Waals surface area (Å²) in [4.78, 5) is 25.2. The number of hydrogen-bond acceptors (Lipinski definition) is 4. The number of likely N-dealkylation sites (tertiary alicyclic amines) is 1. The van der Waals surface area contributed by atoms with Crippen LogP contribution in [-0.4, -0.2) is 46.7 Å². The summed E-state index contributed by atoms with van der Waals surface area (Å²) in [6.07, 6.45) is 1.13. The number of hydrogen-bond donors (Lipinski definition) is 1. The fourth-order valence-corrected chi connectivity index (χ4v) is 2.86. The SMILES string of the molecule is CC1=C(C(=O)O)C2(CCN(C(C)C)CC2)OC1=O.Cl. The maximum Gasteiger partial charge on any atom is 0.336 e. The summed E-state index contributed by atoms with van der Waals surface area (Å²) in [5.41, 5.74) is -0.477. The van der Waals surface area contributed by atoms with Gasteiger partial charge < -0.3 is 14.7 Å². The van der Waals surface area contributed by atoms with Crippen LogP contribution in [0.5, 0.6) is 0 Å². The van der Waals surface area contributed by atoms with E-state index < -0.39 is 17.5 Å². The van der Waals surface area contributed by atoms with E-state index in [9.17, 15) is 14.7 Å². The van der Waals surface area contributed by atoms with Gasteiger partial charge in [-0.1, -0.05) is 0 Å². The molecule has 2 aliphatic heterocycles. The van der Waals surface area contributed by atoms with Crippen molar-refractivity contribution in [3.63, 3.8) is 0 Å². The Balaban J connectivity index is 0.00000180. The van der Waals surface area contributed by atoms with Crippen molar-refractivity contribution in [3.05, 3.63) is 11.1 Å². The van der Waals surface area contributed by atoms with Gasteiger partial charge in [0.15, 0.2) is 0 Å². The number of carbonyl (C=O) groups excluding carboxylic acids is 1. The van der Waals surface area contributed by atoms with E-state index in [0.29, 0.717) is 18.9 Å². The van der Waals surface area contributed by atoms with Crippen molar-refractivity contribution in [1.29, 1.82) is 0 Å². The number of carboxylic acids is 1. The molecule has 5 nitrogen and oxygen atoms in total. The Labute approximate surface area is 119 Å². The highest BCUT2D eigenvalue weighted by Crippen LogP contribution is 2.41. The second-order valence-electron chi connectivity index (χ2n) is 5.32. The molecule has 0 aromatic rings. The normalized spacial score (nSPS) is 22.6. The molecule has 1 spiro atoms. The number of esters is 1. The fraction of sp³-hybridized carbons (Fsp3) is 0.692. The number of nitrogens with zero attached hydrogens (tertiary/aromatic N) is 1. The standard InChI is InChI=1S/C13H19NO4.ClH/c1-8(2)14-6-4-13(5-7-14)10(11(15)16)9(3)12(17)18-13;/h8H,4-7H2,1-3H3,(H,15,16);1H. The highest BCUT2D eigenvalue weighted by atomic mass is 35.5. The van der Waals surface area contributed by atoms with Gasteiger partial charge in [-0.25, -0.2) is 9.59 Å². The lowest BCUT2D eigenvalue weighted by Crippen LogP contribution is -2.49. The van der Waals surface area contributed by atoms with Crippen LogP contribution in [-0.2, 0) is 14.3 Å². The van der Waals surface area contributed by atoms with E-state index >= 15 is 0 Å². The number of rotatable bonds is 2. The van der Waals surface area contributed by atoms with Gasteiger partial charge in [0.1, 0.15) is 5.60 Å². The van der Waals surface area contributed by atoms with Gasteiger partial charge in [-0.2, -0.15) is 0 Å². The first-order valence-electron chi connectivity index (χ1n) is 6.29. The van der Waals surface area contributed by atoms with Crippen LogP contribution in [0.2, 0.25) is 0 Å². The van der Waals surface area contributed by atoms with E-state index in [0.717, 1.165) is 13.1 Å². The maximum atomic E-state index is 11.6. The molecule has 19 heavy (non-hydrogen) atoms. The summed E-state index contributed by atoms with van der Waals surface area (Å²) < 4.78 is 5.38. The van der Waals surface area contributed by atoms with Crippen molar-refractivity contribution < 1.29 is 19.4 Å². The van der Waals surface area contributed by atoms with E-state index in [1.54, 1.807) is 0 Å². The fourth-order valence-electron chi connectivity index (χ4n) is 2.86. The van der Waals surface area contributed by atoms with Crippen LogP contribution in [0.1, 0.15) is 33.6 Å². The predicted octanol–water partition coefficient (Wildman–Crippen LogP) is 1.61. The largest absolute Gasteiger partial charge is 0.478 e. The predicted molar refractivity (Wildman–Crippen MR) is 72.3 cm³/mol. The zero-order valence-corrected chi connectivity index (χ0v) is 12.2. The summed E-state index contributed by atoms with van der Waals surface area (Å²) >= 11 is 0. The zero-order valence-electron chi connectivity index (χ0n) is 11.4. The van der Waals surface area contributed by atoms with E-state index in [-0.39, 0.29) is 23.6 Å². The van der Waals surface area contributed by atoms with E-state index in [2.05, 4.69) is 18.7 Å². The van der Waals surface area contributed by atoms with Crippen LogP contribution >= 0.6 is 12.4 Å². The molecule has 2 rings (SSSR count). The molecule has 0 amide bonds. The lowest BCUT2D eigenvalue weighted by Gasteiger charge is -2.40. The summed E-state index contributed by atoms with van der Waals surface area (Å²) in [5, 5.41) is 9.29. The van der Waals surface area contributed by atoms with Crippen LogP contribution in [0.25, 0.3) is 0 Å². The van der Waals surface area contributed by atoms with Gasteiger partial charge in [0.05, 0.1) is 5.57 Å². The molecule has 1 N–H and O–H groups in total. The minimum Gasteiger partial charge on any atom is -0.478 e. The van der Waals surface area contributed by atoms with Crippen molar-refractivity contribution in [2.75, 3.05) is 13.1 Å². The summed E-state index contributed by atoms with van der Waals surface area (Å²) in [5.74, 6) is -1.51. The monoisotopic (exact) mass is 289 g/mol. The van der Waals surface area contributed by atoms with Gasteiger partial charge in [0, 0.05) is 37.5 Å². The number of carbonyl (C=O) groups is 2. The number of aliphatic carboxylic acids is 1. The smallest absolute Gasteiger partial charge is 0.336 e. The highest BCUT2D eigenvalue weighted by molar-refractivity contribution is 6.04. The van der Waals surface area contributed by atoms with Gasteiger partial charge in [0.25, 0.3) is 0 Å². The van der Waals surface area contributed by atoms with Crippen LogP contribution in [0.3, 0.4) is 0 Å². The number of ether oxygens (including phenoxy) is 1. The summed E-state index contributed by atoms with van der Waals surface area (Å²) in [7, 11) is 0. The first-order chi connectivity index (χ1) is 8.37. The second-order valence-corrected chi connectivity index (χ2v) is 5.32. The third-order valence-electron chi connectivity index (χ3n) is 3.97. The quantitative estimate of drug-likeness (QED) is 0.782. The molecule has 2 aliphatic rings. The van der Waals surface area contributed by atoms with E-state index in [1.807, 2.05) is 0 Å². The van der Waals surface area contributed by atoms with Gasteiger partial charge in [0.2, 0.25) is 0 Å². The third-order valence-corrected chi connectivity index (χ3v) is 3.97. The highest BCUT2D eigenvalue weighted by Gasteiger charge is 2.51. The topological polar surface area (TPSA) is 66.8 Å². The number of piperidine rings is 1. The Bertz CT molecular complexity index is 422. The Morgan fingerprint density at radius 1 is 1.37 bits per heavy atom. The van der Waals surface area contributed by atoms with Crippen molar-refractivity contribution in [2.24, 2.45) is 0 Å². The molecule has 6 heteroatoms. The van der Waals surface area contributed by atoms with Crippen LogP contribution in [0.15, 0.2) is 11.1 Å². The van der Waals surface area contributed by atoms with Gasteiger partial charge in [-0.3, -0.25) is 0 Å². The maximum absolute atomic E-state index is 11.6. The molecular weight excluding hydrogens is 270 g/mol. The van der Waals surface area contributed by atoms with Crippen molar-refractivity contribution in [3.8, 4) is 0 Å². The molecular formula is C13H20ClNO4.